The summed E-state index contributed by atoms with van der Waals surface area (Å²) in [5, 5.41) is 6.91. The second kappa shape index (κ2) is 3.36. The van der Waals surface area contributed by atoms with E-state index < -0.39 is 0 Å². The molecule has 1 fully saturated rings. The van der Waals surface area contributed by atoms with Crippen molar-refractivity contribution in [1.82, 2.24) is 10.1 Å². The van der Waals surface area contributed by atoms with E-state index in [9.17, 15) is 0 Å². The molecule has 0 bridgehead atoms. The molecule has 1 aromatic heterocycles. The summed E-state index contributed by atoms with van der Waals surface area (Å²) < 4.78 is 4.96. The molecule has 0 aliphatic heterocycles. The van der Waals surface area contributed by atoms with Crippen LogP contribution < -0.4 is 5.32 Å². The van der Waals surface area contributed by atoms with Crippen molar-refractivity contribution in [3.05, 3.63) is 5.82 Å². The van der Waals surface area contributed by atoms with Crippen LogP contribution in [-0.4, -0.2) is 16.2 Å². The van der Waals surface area contributed by atoms with Crippen molar-refractivity contribution in [2.24, 2.45) is 5.92 Å². The van der Waals surface area contributed by atoms with Crippen LogP contribution in [0.25, 0.3) is 0 Å². The Labute approximate surface area is 77.7 Å². The zero-order valence-corrected chi connectivity index (χ0v) is 8.08. The quantitative estimate of drug-likeness (QED) is 0.771. The van der Waals surface area contributed by atoms with E-state index in [-0.39, 0.29) is 0 Å². The summed E-state index contributed by atoms with van der Waals surface area (Å²) in [4.78, 5) is 4.09. The molecule has 0 saturated heterocycles. The van der Waals surface area contributed by atoms with Crippen LogP contribution in [0.4, 0.5) is 6.01 Å². The first-order chi connectivity index (χ1) is 6.24. The summed E-state index contributed by atoms with van der Waals surface area (Å²) in [6.45, 7) is 3.97. The van der Waals surface area contributed by atoms with Crippen molar-refractivity contribution in [2.45, 2.75) is 39.2 Å². The van der Waals surface area contributed by atoms with E-state index in [1.807, 2.05) is 6.92 Å². The molecule has 1 heterocycles. The van der Waals surface area contributed by atoms with Gasteiger partial charge in [0, 0.05) is 6.04 Å². The number of hydrogen-bond donors (Lipinski definition) is 1. The second-order valence-corrected chi connectivity index (χ2v) is 3.87. The molecule has 1 aliphatic carbocycles. The predicted octanol–water partition coefficient (Wildman–Crippen LogP) is 1.98. The molecule has 2 rings (SSSR count). The van der Waals surface area contributed by atoms with E-state index in [1.54, 1.807) is 0 Å². The van der Waals surface area contributed by atoms with Crippen molar-refractivity contribution in [3.63, 3.8) is 0 Å². The first-order valence-electron chi connectivity index (χ1n) is 4.81. The Balaban J connectivity index is 1.82. The van der Waals surface area contributed by atoms with Gasteiger partial charge >= 0.3 is 6.01 Å². The maximum Gasteiger partial charge on any atom is 0.321 e. The maximum absolute atomic E-state index is 4.96. The van der Waals surface area contributed by atoms with Gasteiger partial charge in [-0.15, -0.1) is 0 Å². The normalized spacial score (nSPS) is 18.6. The predicted molar refractivity (Wildman–Crippen MR) is 49.5 cm³/mol. The van der Waals surface area contributed by atoms with Gasteiger partial charge in [-0.05, 0) is 26.2 Å². The molecule has 0 aromatic carbocycles. The van der Waals surface area contributed by atoms with Crippen LogP contribution in [0.3, 0.4) is 0 Å². The highest BCUT2D eigenvalue weighted by Gasteiger charge is 2.23. The summed E-state index contributed by atoms with van der Waals surface area (Å²) in [5.41, 5.74) is 0. The molecule has 1 saturated carbocycles. The van der Waals surface area contributed by atoms with Crippen LogP contribution in [0.5, 0.6) is 0 Å². The fourth-order valence-corrected chi connectivity index (χ4v) is 1.48. The van der Waals surface area contributed by atoms with Crippen LogP contribution in [0, 0.1) is 12.8 Å². The number of hydrogen-bond acceptors (Lipinski definition) is 4. The third-order valence-corrected chi connectivity index (χ3v) is 2.28. The fraction of sp³-hybridized carbons (Fsp3) is 0.778. The van der Waals surface area contributed by atoms with E-state index >= 15 is 0 Å². The maximum atomic E-state index is 4.96. The van der Waals surface area contributed by atoms with Gasteiger partial charge in [-0.1, -0.05) is 18.0 Å². The first-order valence-corrected chi connectivity index (χ1v) is 4.81. The van der Waals surface area contributed by atoms with Gasteiger partial charge in [0.2, 0.25) is 0 Å². The molecule has 0 spiro atoms. The fourth-order valence-electron chi connectivity index (χ4n) is 1.48. The van der Waals surface area contributed by atoms with Crippen molar-refractivity contribution in [3.8, 4) is 0 Å². The Morgan fingerprint density at radius 2 is 2.38 bits per heavy atom. The van der Waals surface area contributed by atoms with Gasteiger partial charge in [0.15, 0.2) is 5.82 Å². The Morgan fingerprint density at radius 1 is 1.62 bits per heavy atom. The van der Waals surface area contributed by atoms with E-state index in [4.69, 9.17) is 4.52 Å². The van der Waals surface area contributed by atoms with Gasteiger partial charge in [0.25, 0.3) is 0 Å². The van der Waals surface area contributed by atoms with Crippen molar-refractivity contribution < 1.29 is 4.52 Å². The van der Waals surface area contributed by atoms with E-state index in [0.29, 0.717) is 17.9 Å². The molecule has 0 radical (unpaired) electrons. The average molecular weight is 181 g/mol. The van der Waals surface area contributed by atoms with Crippen LogP contribution in [0.1, 0.15) is 32.0 Å². The lowest BCUT2D eigenvalue weighted by Gasteiger charge is -2.09. The van der Waals surface area contributed by atoms with Gasteiger partial charge in [-0.3, -0.25) is 0 Å². The minimum Gasteiger partial charge on any atom is -0.335 e. The largest absolute Gasteiger partial charge is 0.335 e. The Morgan fingerprint density at radius 3 is 2.92 bits per heavy atom. The van der Waals surface area contributed by atoms with E-state index in [2.05, 4.69) is 22.4 Å². The lowest BCUT2D eigenvalue weighted by atomic mass is 10.2. The zero-order valence-electron chi connectivity index (χ0n) is 8.08. The summed E-state index contributed by atoms with van der Waals surface area (Å²) in [6, 6.07) is 0.984. The SMILES string of the molecule is Cc1noc(NC(C)CC2CC2)n1. The highest BCUT2D eigenvalue weighted by Crippen LogP contribution is 2.33. The number of aryl methyl sites for hydroxylation is 1. The van der Waals surface area contributed by atoms with Gasteiger partial charge in [0.1, 0.15) is 0 Å². The topological polar surface area (TPSA) is 51.0 Å². The molecule has 4 heteroatoms. The molecule has 4 nitrogen and oxygen atoms in total. The van der Waals surface area contributed by atoms with Gasteiger partial charge in [-0.2, -0.15) is 4.98 Å². The first kappa shape index (κ1) is 8.53. The number of nitrogens with zero attached hydrogens (tertiary/aromatic N) is 2. The van der Waals surface area contributed by atoms with Crippen molar-refractivity contribution in [1.29, 1.82) is 0 Å². The molecule has 1 aromatic rings. The van der Waals surface area contributed by atoms with E-state index in [1.165, 1.54) is 19.3 Å². The van der Waals surface area contributed by atoms with Crippen LogP contribution in [0.15, 0.2) is 4.52 Å². The number of aromatic nitrogens is 2. The van der Waals surface area contributed by atoms with Crippen LogP contribution in [-0.2, 0) is 0 Å². The standard InChI is InChI=1S/C9H15N3O/c1-6(5-8-3-4-8)10-9-11-7(2)12-13-9/h6,8H,3-5H2,1-2H3,(H,10,11,12). The highest BCUT2D eigenvalue weighted by molar-refractivity contribution is 5.19. The van der Waals surface area contributed by atoms with Crippen LogP contribution >= 0.6 is 0 Å². The molecule has 1 N–H and O–H groups in total. The van der Waals surface area contributed by atoms with Crippen molar-refractivity contribution in [2.75, 3.05) is 5.32 Å². The zero-order chi connectivity index (χ0) is 9.26. The summed E-state index contributed by atoms with van der Waals surface area (Å²) in [7, 11) is 0. The monoisotopic (exact) mass is 181 g/mol. The smallest absolute Gasteiger partial charge is 0.321 e. The lowest BCUT2D eigenvalue weighted by Crippen LogP contribution is -2.15. The third kappa shape index (κ3) is 2.44. The molecule has 0 amide bonds. The molecule has 1 atom stereocenters. The Kier molecular flexibility index (Phi) is 2.20. The molecule has 13 heavy (non-hydrogen) atoms. The minimum absolute atomic E-state index is 0.437. The van der Waals surface area contributed by atoms with Gasteiger partial charge in [0.05, 0.1) is 0 Å². The number of anilines is 1. The van der Waals surface area contributed by atoms with Crippen molar-refractivity contribution >= 4 is 6.01 Å². The van der Waals surface area contributed by atoms with E-state index in [0.717, 1.165) is 5.92 Å². The Bertz CT molecular complexity index is 280. The van der Waals surface area contributed by atoms with Gasteiger partial charge < -0.3 is 9.84 Å². The van der Waals surface area contributed by atoms with Gasteiger partial charge in [-0.25, -0.2) is 0 Å². The molecule has 1 unspecified atom stereocenters. The highest BCUT2D eigenvalue weighted by atomic mass is 16.5. The molecular weight excluding hydrogens is 166 g/mol. The minimum atomic E-state index is 0.437. The lowest BCUT2D eigenvalue weighted by molar-refractivity contribution is 0.420. The van der Waals surface area contributed by atoms with Crippen LogP contribution in [0.2, 0.25) is 0 Å². The molecular formula is C9H15N3O. The summed E-state index contributed by atoms with van der Waals surface area (Å²) >= 11 is 0. The second-order valence-electron chi connectivity index (χ2n) is 3.87. The Hall–Kier alpha value is -1.06. The molecule has 1 aliphatic rings. The summed E-state index contributed by atoms with van der Waals surface area (Å²) in [6.07, 6.45) is 3.98. The number of rotatable bonds is 4. The summed E-state index contributed by atoms with van der Waals surface area (Å²) in [5.74, 6) is 1.60. The molecule has 72 valence electrons. The third-order valence-electron chi connectivity index (χ3n) is 2.28. The number of nitrogens with one attached hydrogen (secondary N) is 1. The average Bonchev–Trinajstić information content (AvgIpc) is 2.76.